The number of amides is 1. The van der Waals surface area contributed by atoms with Gasteiger partial charge in [0.2, 0.25) is 11.2 Å². The second-order valence-electron chi connectivity index (χ2n) is 4.51. The number of nitrogens with one attached hydrogen (secondary N) is 1. The number of hydrogen-bond donors (Lipinski definition) is 1. The van der Waals surface area contributed by atoms with Gasteiger partial charge in [0.25, 0.3) is 0 Å². The molecule has 0 unspecified atom stereocenters. The third kappa shape index (κ3) is 3.09. The molecule has 3 rings (SSSR count). The number of aromatic nitrogens is 2. The zero-order valence-electron chi connectivity index (χ0n) is 10.9. The van der Waals surface area contributed by atoms with Crippen molar-refractivity contribution >= 4 is 50.2 Å². The van der Waals surface area contributed by atoms with Crippen LogP contribution in [0.3, 0.4) is 0 Å². The molecule has 1 aromatic heterocycles. The lowest BCUT2D eigenvalue weighted by Gasteiger charge is -2.08. The Kier molecular flexibility index (Phi) is 3.94. The summed E-state index contributed by atoms with van der Waals surface area (Å²) in [6.07, 6.45) is 0. The maximum Gasteiger partial charge on any atom is 0.244 e. The molecular formula is C15H11BrClN3O. The van der Waals surface area contributed by atoms with E-state index in [2.05, 4.69) is 26.2 Å². The van der Waals surface area contributed by atoms with Crippen LogP contribution < -0.4 is 5.32 Å². The number of imidazole rings is 1. The number of halogens is 2. The lowest BCUT2D eigenvalue weighted by atomic mass is 10.3. The SMILES string of the molecule is O=C(Cn1c(Cl)nc2ccccc21)Nc1cccc(Br)c1. The Morgan fingerprint density at radius 1 is 1.24 bits per heavy atom. The molecule has 0 aliphatic heterocycles. The summed E-state index contributed by atoms with van der Waals surface area (Å²) < 4.78 is 2.59. The van der Waals surface area contributed by atoms with Gasteiger partial charge in [-0.1, -0.05) is 34.1 Å². The third-order valence-corrected chi connectivity index (χ3v) is 3.80. The highest BCUT2D eigenvalue weighted by molar-refractivity contribution is 9.10. The number of nitrogens with zero attached hydrogens (tertiary/aromatic N) is 2. The molecule has 4 nitrogen and oxygen atoms in total. The molecular weight excluding hydrogens is 354 g/mol. The van der Waals surface area contributed by atoms with Crippen LogP contribution in [0.4, 0.5) is 5.69 Å². The minimum Gasteiger partial charge on any atom is -0.324 e. The van der Waals surface area contributed by atoms with Crippen LogP contribution in [-0.2, 0) is 11.3 Å². The van der Waals surface area contributed by atoms with E-state index in [0.717, 1.165) is 21.2 Å². The minimum absolute atomic E-state index is 0.117. The van der Waals surface area contributed by atoms with Crippen LogP contribution in [0.2, 0.25) is 5.28 Å². The zero-order valence-corrected chi connectivity index (χ0v) is 13.2. The summed E-state index contributed by atoms with van der Waals surface area (Å²) in [4.78, 5) is 16.4. The topological polar surface area (TPSA) is 46.9 Å². The second-order valence-corrected chi connectivity index (χ2v) is 5.77. The second kappa shape index (κ2) is 5.87. The molecule has 106 valence electrons. The molecule has 21 heavy (non-hydrogen) atoms. The number of rotatable bonds is 3. The van der Waals surface area contributed by atoms with Crippen molar-refractivity contribution in [2.75, 3.05) is 5.32 Å². The van der Waals surface area contributed by atoms with E-state index in [0.29, 0.717) is 5.28 Å². The van der Waals surface area contributed by atoms with E-state index in [9.17, 15) is 4.79 Å². The highest BCUT2D eigenvalue weighted by Crippen LogP contribution is 2.20. The summed E-state index contributed by atoms with van der Waals surface area (Å²) >= 11 is 9.47. The molecule has 0 spiro atoms. The van der Waals surface area contributed by atoms with Gasteiger partial charge in [-0.3, -0.25) is 4.79 Å². The molecule has 0 radical (unpaired) electrons. The van der Waals surface area contributed by atoms with Gasteiger partial charge in [0.15, 0.2) is 0 Å². The first-order valence-corrected chi connectivity index (χ1v) is 7.47. The van der Waals surface area contributed by atoms with Crippen molar-refractivity contribution in [1.82, 2.24) is 9.55 Å². The van der Waals surface area contributed by atoms with E-state index in [1.165, 1.54) is 0 Å². The number of carbonyl (C=O) groups is 1. The zero-order chi connectivity index (χ0) is 14.8. The Bertz CT molecular complexity index is 816. The number of carbonyl (C=O) groups excluding carboxylic acids is 1. The van der Waals surface area contributed by atoms with Gasteiger partial charge in [-0.2, -0.15) is 0 Å². The molecule has 1 N–H and O–H groups in total. The van der Waals surface area contributed by atoms with Gasteiger partial charge in [-0.05, 0) is 41.9 Å². The van der Waals surface area contributed by atoms with Crippen LogP contribution in [-0.4, -0.2) is 15.5 Å². The normalized spacial score (nSPS) is 10.8. The fourth-order valence-electron chi connectivity index (χ4n) is 2.11. The van der Waals surface area contributed by atoms with Crippen molar-refractivity contribution in [3.63, 3.8) is 0 Å². The molecule has 0 aliphatic rings. The third-order valence-electron chi connectivity index (χ3n) is 3.02. The molecule has 2 aromatic carbocycles. The summed E-state index contributed by atoms with van der Waals surface area (Å²) in [5, 5.41) is 3.14. The predicted octanol–water partition coefficient (Wildman–Crippen LogP) is 4.09. The van der Waals surface area contributed by atoms with E-state index in [-0.39, 0.29) is 12.5 Å². The van der Waals surface area contributed by atoms with E-state index in [4.69, 9.17) is 11.6 Å². The minimum atomic E-state index is -0.154. The molecule has 0 bridgehead atoms. The fraction of sp³-hybridized carbons (Fsp3) is 0.0667. The number of benzene rings is 2. The maximum atomic E-state index is 12.2. The first-order valence-electron chi connectivity index (χ1n) is 6.30. The van der Waals surface area contributed by atoms with Crippen molar-refractivity contribution < 1.29 is 4.79 Å². The van der Waals surface area contributed by atoms with Crippen molar-refractivity contribution in [2.24, 2.45) is 0 Å². The Hall–Kier alpha value is -1.85. The van der Waals surface area contributed by atoms with Crippen LogP contribution >= 0.6 is 27.5 Å². The molecule has 1 heterocycles. The lowest BCUT2D eigenvalue weighted by molar-refractivity contribution is -0.116. The molecule has 6 heteroatoms. The number of para-hydroxylation sites is 2. The molecule has 0 aliphatic carbocycles. The lowest BCUT2D eigenvalue weighted by Crippen LogP contribution is -2.18. The molecule has 0 atom stereocenters. The largest absolute Gasteiger partial charge is 0.324 e. The van der Waals surface area contributed by atoms with Crippen molar-refractivity contribution in [3.8, 4) is 0 Å². The Morgan fingerprint density at radius 3 is 2.86 bits per heavy atom. The smallest absolute Gasteiger partial charge is 0.244 e. The summed E-state index contributed by atoms with van der Waals surface area (Å²) in [6.45, 7) is 0.117. The molecule has 3 aromatic rings. The quantitative estimate of drug-likeness (QED) is 0.761. The van der Waals surface area contributed by atoms with Crippen LogP contribution in [0.1, 0.15) is 0 Å². The fourth-order valence-corrected chi connectivity index (χ4v) is 2.75. The summed E-state index contributed by atoms with van der Waals surface area (Å²) in [5.41, 5.74) is 2.35. The molecule has 1 amide bonds. The highest BCUT2D eigenvalue weighted by atomic mass is 79.9. The van der Waals surface area contributed by atoms with Gasteiger partial charge in [-0.25, -0.2) is 4.98 Å². The average molecular weight is 365 g/mol. The highest BCUT2D eigenvalue weighted by Gasteiger charge is 2.12. The monoisotopic (exact) mass is 363 g/mol. The Morgan fingerprint density at radius 2 is 2.05 bits per heavy atom. The van der Waals surface area contributed by atoms with Gasteiger partial charge in [0.05, 0.1) is 11.0 Å². The van der Waals surface area contributed by atoms with Crippen molar-refractivity contribution in [3.05, 3.63) is 58.3 Å². The number of anilines is 1. The van der Waals surface area contributed by atoms with Crippen LogP contribution in [0.15, 0.2) is 53.0 Å². The Balaban J connectivity index is 1.82. The van der Waals surface area contributed by atoms with Gasteiger partial charge in [-0.15, -0.1) is 0 Å². The predicted molar refractivity (Wildman–Crippen MR) is 87.5 cm³/mol. The van der Waals surface area contributed by atoms with Gasteiger partial charge in [0.1, 0.15) is 6.54 Å². The summed E-state index contributed by atoms with van der Waals surface area (Å²) in [6, 6.07) is 15.0. The average Bonchev–Trinajstić information content (AvgIpc) is 2.75. The van der Waals surface area contributed by atoms with Crippen LogP contribution in [0.25, 0.3) is 11.0 Å². The number of fused-ring (bicyclic) bond motifs is 1. The maximum absolute atomic E-state index is 12.2. The van der Waals surface area contributed by atoms with Gasteiger partial charge >= 0.3 is 0 Å². The Labute approximate surface area is 134 Å². The van der Waals surface area contributed by atoms with Crippen LogP contribution in [0, 0.1) is 0 Å². The van der Waals surface area contributed by atoms with Crippen LogP contribution in [0.5, 0.6) is 0 Å². The molecule has 0 saturated heterocycles. The van der Waals surface area contributed by atoms with Crippen molar-refractivity contribution in [1.29, 1.82) is 0 Å². The van der Waals surface area contributed by atoms with E-state index in [1.807, 2.05) is 48.5 Å². The summed E-state index contributed by atoms with van der Waals surface area (Å²) in [7, 11) is 0. The van der Waals surface area contributed by atoms with Gasteiger partial charge in [0, 0.05) is 10.2 Å². The van der Waals surface area contributed by atoms with Crippen molar-refractivity contribution in [2.45, 2.75) is 6.54 Å². The van der Waals surface area contributed by atoms with E-state index in [1.54, 1.807) is 4.57 Å². The molecule has 0 saturated carbocycles. The first kappa shape index (κ1) is 14.1. The molecule has 0 fully saturated rings. The summed E-state index contributed by atoms with van der Waals surface area (Å²) in [5.74, 6) is -0.154. The standard InChI is InChI=1S/C15H11BrClN3O/c16-10-4-3-5-11(8-10)18-14(21)9-20-13-7-2-1-6-12(13)19-15(20)17/h1-8H,9H2,(H,18,21). The first-order chi connectivity index (χ1) is 10.1. The van der Waals surface area contributed by atoms with Gasteiger partial charge < -0.3 is 9.88 Å². The number of hydrogen-bond acceptors (Lipinski definition) is 2. The van der Waals surface area contributed by atoms with E-state index >= 15 is 0 Å². The van der Waals surface area contributed by atoms with E-state index < -0.39 is 0 Å².